The van der Waals surface area contributed by atoms with Crippen molar-refractivity contribution in [2.45, 2.75) is 32.0 Å². The van der Waals surface area contributed by atoms with Gasteiger partial charge in [-0.15, -0.1) is 0 Å². The zero-order valence-electron chi connectivity index (χ0n) is 11.7. The standard InChI is InChI=1S/C10H16F2NO8P/c1-3-20-22(19,21-4-2)10(11,12)9(18)13-6(8(16)17)5-7(14)15/h6H,3-5H2,1-2H3,(H,13,18)(H,14,15)(H,16,17). The molecule has 3 N–H and O–H groups in total. The zero-order valence-corrected chi connectivity index (χ0v) is 12.6. The van der Waals surface area contributed by atoms with Crippen LogP contribution in [0.25, 0.3) is 0 Å². The van der Waals surface area contributed by atoms with Crippen LogP contribution in [0.1, 0.15) is 20.3 Å². The molecule has 0 saturated carbocycles. The van der Waals surface area contributed by atoms with E-state index in [1.807, 2.05) is 0 Å². The van der Waals surface area contributed by atoms with E-state index in [2.05, 4.69) is 9.05 Å². The highest BCUT2D eigenvalue weighted by Gasteiger charge is 2.60. The second-order valence-electron chi connectivity index (χ2n) is 3.84. The first-order valence-corrected chi connectivity index (χ1v) is 7.58. The van der Waals surface area contributed by atoms with Crippen molar-refractivity contribution in [1.82, 2.24) is 5.32 Å². The summed E-state index contributed by atoms with van der Waals surface area (Å²) in [4.78, 5) is 32.7. The van der Waals surface area contributed by atoms with Crippen LogP contribution in [-0.2, 0) is 28.0 Å². The van der Waals surface area contributed by atoms with E-state index >= 15 is 0 Å². The molecule has 0 aromatic carbocycles. The molecule has 0 spiro atoms. The smallest absolute Gasteiger partial charge is 0.421 e. The van der Waals surface area contributed by atoms with Crippen molar-refractivity contribution < 1.29 is 47.0 Å². The lowest BCUT2D eigenvalue weighted by molar-refractivity contribution is -0.150. The average molecular weight is 347 g/mol. The Balaban J connectivity index is 5.32. The Kier molecular flexibility index (Phi) is 7.57. The average Bonchev–Trinajstić information content (AvgIpc) is 2.37. The molecule has 12 heteroatoms. The van der Waals surface area contributed by atoms with Crippen LogP contribution in [0.5, 0.6) is 0 Å². The molecule has 0 heterocycles. The van der Waals surface area contributed by atoms with Gasteiger partial charge in [0.05, 0.1) is 19.6 Å². The Morgan fingerprint density at radius 1 is 1.18 bits per heavy atom. The zero-order chi connectivity index (χ0) is 17.6. The van der Waals surface area contributed by atoms with Gasteiger partial charge in [-0.1, -0.05) is 0 Å². The molecule has 0 saturated heterocycles. The van der Waals surface area contributed by atoms with Crippen molar-refractivity contribution in [3.8, 4) is 0 Å². The molecule has 0 rings (SSSR count). The topological polar surface area (TPSA) is 139 Å². The van der Waals surface area contributed by atoms with Gasteiger partial charge in [-0.25, -0.2) is 4.79 Å². The van der Waals surface area contributed by atoms with Crippen LogP contribution in [0.15, 0.2) is 0 Å². The van der Waals surface area contributed by atoms with Crippen molar-refractivity contribution in [3.05, 3.63) is 0 Å². The van der Waals surface area contributed by atoms with Crippen molar-refractivity contribution in [2.75, 3.05) is 13.2 Å². The summed E-state index contributed by atoms with van der Waals surface area (Å²) < 4.78 is 48.5. The molecule has 0 aromatic heterocycles. The minimum Gasteiger partial charge on any atom is -0.481 e. The van der Waals surface area contributed by atoms with E-state index in [1.54, 1.807) is 0 Å². The first-order valence-electron chi connectivity index (χ1n) is 6.04. The molecule has 128 valence electrons. The Hall–Kier alpha value is -1.58. The predicted octanol–water partition coefficient (Wildman–Crippen LogP) is 0.889. The van der Waals surface area contributed by atoms with Gasteiger partial charge in [0, 0.05) is 0 Å². The summed E-state index contributed by atoms with van der Waals surface area (Å²) in [6.07, 6.45) is -1.13. The molecular weight excluding hydrogens is 331 g/mol. The van der Waals surface area contributed by atoms with E-state index in [1.165, 1.54) is 19.2 Å². The number of hydrogen-bond acceptors (Lipinski definition) is 6. The van der Waals surface area contributed by atoms with Gasteiger partial charge in [0.2, 0.25) is 0 Å². The van der Waals surface area contributed by atoms with E-state index < -0.39 is 56.8 Å². The van der Waals surface area contributed by atoms with Crippen LogP contribution in [-0.4, -0.2) is 53.0 Å². The van der Waals surface area contributed by atoms with Crippen LogP contribution < -0.4 is 5.32 Å². The van der Waals surface area contributed by atoms with Gasteiger partial charge in [0.1, 0.15) is 6.04 Å². The number of nitrogens with one attached hydrogen (secondary N) is 1. The number of halogens is 2. The first-order chi connectivity index (χ1) is 10.0. The van der Waals surface area contributed by atoms with Gasteiger partial charge in [0.25, 0.3) is 0 Å². The molecule has 0 aliphatic carbocycles. The SMILES string of the molecule is CCOP(=O)(OCC)C(F)(F)C(=O)NC(CC(=O)O)C(=O)O. The van der Waals surface area contributed by atoms with E-state index in [4.69, 9.17) is 10.2 Å². The Bertz CT molecular complexity index is 474. The summed E-state index contributed by atoms with van der Waals surface area (Å²) in [5, 5.41) is 18.5. The summed E-state index contributed by atoms with van der Waals surface area (Å²) in [5.41, 5.74) is -4.68. The number of alkyl halides is 2. The lowest BCUT2D eigenvalue weighted by atomic mass is 10.2. The minimum atomic E-state index is -5.18. The third-order valence-corrected chi connectivity index (χ3v) is 4.28. The van der Waals surface area contributed by atoms with E-state index in [-0.39, 0.29) is 0 Å². The monoisotopic (exact) mass is 347 g/mol. The molecule has 0 aliphatic rings. The summed E-state index contributed by atoms with van der Waals surface area (Å²) in [7, 11) is -5.18. The molecule has 0 aromatic rings. The van der Waals surface area contributed by atoms with Gasteiger partial charge in [-0.3, -0.25) is 14.2 Å². The maximum absolute atomic E-state index is 13.9. The number of amides is 1. The second-order valence-corrected chi connectivity index (χ2v) is 5.91. The fraction of sp³-hybridized carbons (Fsp3) is 0.700. The van der Waals surface area contributed by atoms with Gasteiger partial charge in [0.15, 0.2) is 0 Å². The summed E-state index contributed by atoms with van der Waals surface area (Å²) in [5.74, 6) is -5.73. The Labute approximate surface area is 124 Å². The Morgan fingerprint density at radius 3 is 1.95 bits per heavy atom. The fourth-order valence-electron chi connectivity index (χ4n) is 1.28. The highest BCUT2D eigenvalue weighted by atomic mass is 31.2. The maximum atomic E-state index is 13.9. The molecule has 0 aliphatic heterocycles. The number of carboxylic acid groups (broad SMARTS) is 2. The minimum absolute atomic E-state index is 0.447. The van der Waals surface area contributed by atoms with Gasteiger partial charge in [-0.05, 0) is 13.8 Å². The Morgan fingerprint density at radius 2 is 1.64 bits per heavy atom. The highest BCUT2D eigenvalue weighted by molar-refractivity contribution is 7.56. The van der Waals surface area contributed by atoms with Crippen molar-refractivity contribution in [3.63, 3.8) is 0 Å². The molecule has 1 amide bonds. The molecule has 0 bridgehead atoms. The lowest BCUT2D eigenvalue weighted by Gasteiger charge is -2.25. The summed E-state index contributed by atoms with van der Waals surface area (Å²) in [6.45, 7) is 1.59. The van der Waals surface area contributed by atoms with Crippen LogP contribution in [0.3, 0.4) is 0 Å². The molecule has 9 nitrogen and oxygen atoms in total. The largest absolute Gasteiger partial charge is 0.481 e. The van der Waals surface area contributed by atoms with E-state index in [9.17, 15) is 27.7 Å². The third kappa shape index (κ3) is 5.00. The van der Waals surface area contributed by atoms with Crippen molar-refractivity contribution in [2.24, 2.45) is 0 Å². The predicted molar refractivity (Wildman–Crippen MR) is 67.6 cm³/mol. The number of hydrogen-bond donors (Lipinski definition) is 3. The molecule has 22 heavy (non-hydrogen) atoms. The normalized spacial score (nSPS) is 13.5. The number of carbonyl (C=O) groups excluding carboxylic acids is 1. The van der Waals surface area contributed by atoms with Crippen LogP contribution >= 0.6 is 7.60 Å². The quantitative estimate of drug-likeness (QED) is 0.495. The van der Waals surface area contributed by atoms with Crippen LogP contribution in [0, 0.1) is 0 Å². The molecule has 0 radical (unpaired) electrons. The van der Waals surface area contributed by atoms with Crippen LogP contribution in [0.2, 0.25) is 0 Å². The van der Waals surface area contributed by atoms with E-state index in [0.717, 1.165) is 0 Å². The number of carboxylic acids is 2. The summed E-state index contributed by atoms with van der Waals surface area (Å²) in [6, 6.07) is -2.12. The van der Waals surface area contributed by atoms with Crippen molar-refractivity contribution >= 4 is 25.4 Å². The maximum Gasteiger partial charge on any atom is 0.421 e. The number of aliphatic carboxylic acids is 2. The first kappa shape index (κ1) is 20.4. The molecule has 0 fully saturated rings. The highest BCUT2D eigenvalue weighted by Crippen LogP contribution is 2.61. The number of rotatable bonds is 10. The second kappa shape index (κ2) is 8.16. The van der Waals surface area contributed by atoms with Crippen LogP contribution in [0.4, 0.5) is 8.78 Å². The molecular formula is C10H16F2NO8P. The van der Waals surface area contributed by atoms with Gasteiger partial charge >= 0.3 is 31.1 Å². The van der Waals surface area contributed by atoms with E-state index in [0.29, 0.717) is 0 Å². The number of carbonyl (C=O) groups is 3. The third-order valence-electron chi connectivity index (χ3n) is 2.20. The summed E-state index contributed by atoms with van der Waals surface area (Å²) >= 11 is 0. The van der Waals surface area contributed by atoms with Gasteiger partial charge in [-0.2, -0.15) is 8.78 Å². The molecule has 1 atom stereocenters. The fourth-order valence-corrected chi connectivity index (χ4v) is 2.68. The van der Waals surface area contributed by atoms with Gasteiger partial charge < -0.3 is 24.6 Å². The lowest BCUT2D eigenvalue weighted by Crippen LogP contribution is -2.49. The molecule has 1 unspecified atom stereocenters. The van der Waals surface area contributed by atoms with Crippen molar-refractivity contribution in [1.29, 1.82) is 0 Å².